The lowest BCUT2D eigenvalue weighted by Gasteiger charge is -2.34. The van der Waals surface area contributed by atoms with Crippen LogP contribution >= 0.6 is 0 Å². The molecule has 0 radical (unpaired) electrons. The average molecular weight is 422 g/mol. The van der Waals surface area contributed by atoms with Gasteiger partial charge in [-0.25, -0.2) is 9.18 Å². The highest BCUT2D eigenvalue weighted by Gasteiger charge is 2.39. The number of hydrogen-bond acceptors (Lipinski definition) is 5. The van der Waals surface area contributed by atoms with Gasteiger partial charge in [0, 0.05) is 0 Å². The highest BCUT2D eigenvalue weighted by Crippen LogP contribution is 2.40. The van der Waals surface area contributed by atoms with Gasteiger partial charge in [0.25, 0.3) is 10.1 Å². The predicted octanol–water partition coefficient (Wildman–Crippen LogP) is 4.64. The van der Waals surface area contributed by atoms with Gasteiger partial charge in [-0.2, -0.15) is 8.42 Å². The second-order valence-corrected chi connectivity index (χ2v) is 8.93. The molecule has 0 saturated heterocycles. The molecule has 6 nitrogen and oxygen atoms in total. The Hall–Kier alpha value is -2.45. The van der Waals surface area contributed by atoms with E-state index in [2.05, 4.69) is 0 Å². The van der Waals surface area contributed by atoms with Gasteiger partial charge in [0.15, 0.2) is 11.6 Å². The van der Waals surface area contributed by atoms with Crippen molar-refractivity contribution in [3.63, 3.8) is 0 Å². The van der Waals surface area contributed by atoms with Crippen LogP contribution in [0.15, 0.2) is 47.4 Å². The molecule has 0 aromatic heterocycles. The van der Waals surface area contributed by atoms with Gasteiger partial charge in [-0.15, -0.1) is 0 Å². The number of halogens is 1. The first-order chi connectivity index (χ1) is 13.6. The molecule has 1 aliphatic rings. The molecule has 0 atom stereocenters. The Bertz CT molecular complexity index is 992. The molecule has 2 aromatic carbocycles. The normalized spacial score (nSPS) is 16.0. The lowest BCUT2D eigenvalue weighted by atomic mass is 9.88. The summed E-state index contributed by atoms with van der Waals surface area (Å²) in [5.74, 6) is -0.993. The Balaban J connectivity index is 1.79. The fourth-order valence-electron chi connectivity index (χ4n) is 3.54. The average Bonchev–Trinajstić information content (AvgIpc) is 3.13. The van der Waals surface area contributed by atoms with E-state index in [4.69, 9.17) is 14.0 Å². The summed E-state index contributed by atoms with van der Waals surface area (Å²) in [5, 5.41) is 0. The minimum atomic E-state index is -4.33. The van der Waals surface area contributed by atoms with E-state index in [-0.39, 0.29) is 27.9 Å². The maximum Gasteiger partial charge on any atom is 0.343 e. The van der Waals surface area contributed by atoms with Crippen molar-refractivity contribution in [2.75, 3.05) is 0 Å². The molecular formula is C21H23FO6S. The summed E-state index contributed by atoms with van der Waals surface area (Å²) in [6.45, 7) is 4.08. The van der Waals surface area contributed by atoms with Crippen molar-refractivity contribution in [3.05, 3.63) is 53.8 Å². The zero-order valence-electron chi connectivity index (χ0n) is 16.2. The Morgan fingerprint density at radius 2 is 1.72 bits per heavy atom. The second kappa shape index (κ2) is 8.12. The molecule has 0 heterocycles. The topological polar surface area (TPSA) is 89.9 Å². The van der Waals surface area contributed by atoms with E-state index in [9.17, 15) is 17.6 Å². The third-order valence-corrected chi connectivity index (χ3v) is 6.18. The predicted molar refractivity (Wildman–Crippen MR) is 104 cm³/mol. The van der Waals surface area contributed by atoms with Crippen molar-refractivity contribution in [3.8, 4) is 11.5 Å². The van der Waals surface area contributed by atoms with Crippen molar-refractivity contribution in [1.29, 1.82) is 0 Å². The van der Waals surface area contributed by atoms with E-state index in [0.717, 1.165) is 43.9 Å². The summed E-state index contributed by atoms with van der Waals surface area (Å²) in [7, 11) is -4.33. The zero-order chi connectivity index (χ0) is 21.2. The summed E-state index contributed by atoms with van der Waals surface area (Å²) in [5.41, 5.74) is -0.341. The molecule has 1 saturated carbocycles. The number of ether oxygens (including phenoxy) is 2. The third kappa shape index (κ3) is 4.76. The fraction of sp³-hybridized carbons (Fsp3) is 0.381. The molecule has 1 aliphatic carbocycles. The molecule has 8 heteroatoms. The van der Waals surface area contributed by atoms with Gasteiger partial charge in [0.05, 0.1) is 10.5 Å². The molecule has 0 aliphatic heterocycles. The van der Waals surface area contributed by atoms with Crippen molar-refractivity contribution < 1.29 is 31.6 Å². The molecule has 2 aromatic rings. The minimum Gasteiger partial charge on any atom is -0.484 e. The van der Waals surface area contributed by atoms with E-state index >= 15 is 0 Å². The molecule has 1 N–H and O–H groups in total. The molecule has 29 heavy (non-hydrogen) atoms. The second-order valence-electron chi connectivity index (χ2n) is 7.51. The smallest absolute Gasteiger partial charge is 0.343 e. The SMILES string of the molecule is CC(C)C1(Oc2cc(C(=O)Oc3ccc(S(=O)(=O)O)cc3)ccc2F)CCCC1. The number of benzene rings is 2. The fourth-order valence-corrected chi connectivity index (χ4v) is 4.02. The monoisotopic (exact) mass is 422 g/mol. The molecule has 156 valence electrons. The summed E-state index contributed by atoms with van der Waals surface area (Å²) in [6.07, 6.45) is 3.69. The van der Waals surface area contributed by atoms with Crippen molar-refractivity contribution in [2.45, 2.75) is 50.0 Å². The number of hydrogen-bond donors (Lipinski definition) is 1. The van der Waals surface area contributed by atoms with Crippen LogP contribution in [-0.4, -0.2) is 24.5 Å². The molecule has 0 bridgehead atoms. The maximum absolute atomic E-state index is 14.3. The van der Waals surface area contributed by atoms with Crippen LogP contribution in [0, 0.1) is 11.7 Å². The van der Waals surface area contributed by atoms with Gasteiger partial charge in [0.1, 0.15) is 11.4 Å². The molecule has 0 unspecified atom stereocenters. The van der Waals surface area contributed by atoms with Crippen LogP contribution in [0.3, 0.4) is 0 Å². The molecular weight excluding hydrogens is 399 g/mol. The Morgan fingerprint density at radius 3 is 2.28 bits per heavy atom. The van der Waals surface area contributed by atoms with Gasteiger partial charge in [-0.3, -0.25) is 4.55 Å². The van der Waals surface area contributed by atoms with Gasteiger partial charge < -0.3 is 9.47 Å². The zero-order valence-corrected chi connectivity index (χ0v) is 17.0. The van der Waals surface area contributed by atoms with Crippen LogP contribution in [0.5, 0.6) is 11.5 Å². The van der Waals surface area contributed by atoms with E-state index < -0.39 is 27.5 Å². The first-order valence-electron chi connectivity index (χ1n) is 9.39. The van der Waals surface area contributed by atoms with Gasteiger partial charge >= 0.3 is 5.97 Å². The van der Waals surface area contributed by atoms with Crippen molar-refractivity contribution in [1.82, 2.24) is 0 Å². The highest BCUT2D eigenvalue weighted by molar-refractivity contribution is 7.85. The lowest BCUT2D eigenvalue weighted by molar-refractivity contribution is 0.0250. The van der Waals surface area contributed by atoms with Crippen LogP contribution in [0.25, 0.3) is 0 Å². The quantitative estimate of drug-likeness (QED) is 0.414. The van der Waals surface area contributed by atoms with Gasteiger partial charge in [-0.05, 0) is 74.1 Å². The van der Waals surface area contributed by atoms with Crippen LogP contribution in [-0.2, 0) is 10.1 Å². The molecule has 0 amide bonds. The Kier molecular flexibility index (Phi) is 5.95. The van der Waals surface area contributed by atoms with Crippen molar-refractivity contribution in [2.24, 2.45) is 5.92 Å². The largest absolute Gasteiger partial charge is 0.484 e. The Morgan fingerprint density at radius 1 is 1.10 bits per heavy atom. The number of carbonyl (C=O) groups is 1. The first-order valence-corrected chi connectivity index (χ1v) is 10.8. The van der Waals surface area contributed by atoms with Crippen LogP contribution in [0.1, 0.15) is 49.9 Å². The molecule has 3 rings (SSSR count). The van der Waals surface area contributed by atoms with E-state index in [1.54, 1.807) is 0 Å². The highest BCUT2D eigenvalue weighted by atomic mass is 32.2. The number of rotatable bonds is 6. The Labute approximate surface area is 169 Å². The van der Waals surface area contributed by atoms with Crippen molar-refractivity contribution >= 4 is 16.1 Å². The summed E-state index contributed by atoms with van der Waals surface area (Å²) < 4.78 is 56.8. The third-order valence-electron chi connectivity index (χ3n) is 5.31. The van der Waals surface area contributed by atoms with Gasteiger partial charge in [0.2, 0.25) is 0 Å². The van der Waals surface area contributed by atoms with E-state index in [1.165, 1.54) is 24.3 Å². The standard InChI is InChI=1S/C21H23FO6S/c1-14(2)21(11-3-4-12-21)28-19-13-15(5-10-18(19)22)20(23)27-16-6-8-17(9-7-16)29(24,25)26/h5-10,13-14H,3-4,11-12H2,1-2H3,(H,24,25,26). The maximum atomic E-state index is 14.3. The summed E-state index contributed by atoms with van der Waals surface area (Å²) >= 11 is 0. The number of carbonyl (C=O) groups excluding carboxylic acids is 1. The molecule has 0 spiro atoms. The summed E-state index contributed by atoms with van der Waals surface area (Å²) in [6, 6.07) is 8.51. The van der Waals surface area contributed by atoms with E-state index in [1.807, 2.05) is 13.8 Å². The van der Waals surface area contributed by atoms with Crippen LogP contribution in [0.4, 0.5) is 4.39 Å². The minimum absolute atomic E-state index is 0.0109. The van der Waals surface area contributed by atoms with Crippen LogP contribution < -0.4 is 9.47 Å². The first kappa shape index (κ1) is 21.3. The molecule has 1 fully saturated rings. The number of esters is 1. The van der Waals surface area contributed by atoms with E-state index in [0.29, 0.717) is 0 Å². The van der Waals surface area contributed by atoms with Gasteiger partial charge in [-0.1, -0.05) is 13.8 Å². The lowest BCUT2D eigenvalue weighted by Crippen LogP contribution is -2.38. The van der Waals surface area contributed by atoms with Crippen LogP contribution in [0.2, 0.25) is 0 Å². The summed E-state index contributed by atoms with van der Waals surface area (Å²) in [4.78, 5) is 12.1.